The number of hydrogen-bond acceptors (Lipinski definition) is 5. The third-order valence-corrected chi connectivity index (χ3v) is 9.11. The summed E-state index contributed by atoms with van der Waals surface area (Å²) < 4.78 is 27.0. The fourth-order valence-corrected chi connectivity index (χ4v) is 7.12. The minimum atomic E-state index is -3.59. The van der Waals surface area contributed by atoms with Gasteiger partial charge >= 0.3 is 6.03 Å². The zero-order valence-corrected chi connectivity index (χ0v) is 18.4. The Kier molecular flexibility index (Phi) is 5.37. The number of piperazine rings is 1. The van der Waals surface area contributed by atoms with Crippen LogP contribution < -0.4 is 0 Å². The Labute approximate surface area is 183 Å². The third-order valence-electron chi connectivity index (χ3n) is 7.23. The summed E-state index contributed by atoms with van der Waals surface area (Å²) in [5.74, 6) is 0.970. The first kappa shape index (κ1) is 20.7. The number of hydrogen-bond donors (Lipinski definition) is 0. The molecule has 31 heavy (non-hydrogen) atoms. The lowest BCUT2D eigenvalue weighted by molar-refractivity contribution is -0.144. The van der Waals surface area contributed by atoms with Gasteiger partial charge in [-0.2, -0.15) is 4.31 Å². The van der Waals surface area contributed by atoms with E-state index in [1.165, 1.54) is 10.5 Å². The van der Waals surface area contributed by atoms with Gasteiger partial charge in [-0.3, -0.25) is 9.78 Å². The minimum absolute atomic E-state index is 0.00344. The van der Waals surface area contributed by atoms with Crippen LogP contribution in [0, 0.1) is 11.8 Å². The van der Waals surface area contributed by atoms with Crippen molar-refractivity contribution in [2.75, 3.05) is 45.8 Å². The van der Waals surface area contributed by atoms with E-state index in [0.717, 1.165) is 25.8 Å². The molecule has 1 aromatic rings. The van der Waals surface area contributed by atoms with Gasteiger partial charge in [-0.25, -0.2) is 13.2 Å². The molecule has 9 nitrogen and oxygen atoms in total. The van der Waals surface area contributed by atoms with Crippen LogP contribution in [0.5, 0.6) is 0 Å². The van der Waals surface area contributed by atoms with Crippen molar-refractivity contribution < 1.29 is 18.0 Å². The molecule has 5 heterocycles. The molecule has 4 fully saturated rings. The molecule has 0 saturated carbocycles. The molecule has 0 aliphatic carbocycles. The van der Waals surface area contributed by atoms with E-state index in [1.807, 2.05) is 4.90 Å². The maximum atomic E-state index is 13.2. The lowest BCUT2D eigenvalue weighted by Crippen LogP contribution is -2.63. The second kappa shape index (κ2) is 8.05. The molecule has 3 atom stereocenters. The van der Waals surface area contributed by atoms with Gasteiger partial charge < -0.3 is 14.7 Å². The summed E-state index contributed by atoms with van der Waals surface area (Å²) in [6, 6.07) is 3.44. The van der Waals surface area contributed by atoms with Crippen molar-refractivity contribution >= 4 is 22.0 Å². The van der Waals surface area contributed by atoms with Gasteiger partial charge in [0.25, 0.3) is 0 Å². The number of piperidine rings is 3. The van der Waals surface area contributed by atoms with Crippen LogP contribution in [0.1, 0.15) is 25.7 Å². The molecule has 4 aliphatic rings. The number of urea groups is 1. The first-order valence-electron chi connectivity index (χ1n) is 11.2. The summed E-state index contributed by atoms with van der Waals surface area (Å²) in [5.41, 5.74) is 0. The standard InChI is InChI=1S/C21H29N5O4S/c27-20-5-1-4-19-17-11-16(14-26(19)20)13-24(15-17)21(28)23-7-9-25(10-8-23)31(29,30)18-3-2-6-22-12-18/h2-3,6,12,16-17,19H,1,4-5,7-11,13-15H2/t16?,17?,19-/m1/s1. The number of amides is 3. The molecular formula is C21H29N5O4S. The number of aromatic nitrogens is 1. The molecule has 0 spiro atoms. The van der Waals surface area contributed by atoms with Crippen molar-refractivity contribution in [2.24, 2.45) is 11.8 Å². The Morgan fingerprint density at radius 2 is 1.87 bits per heavy atom. The Morgan fingerprint density at radius 3 is 2.61 bits per heavy atom. The van der Waals surface area contributed by atoms with Crippen LogP contribution in [0.4, 0.5) is 4.79 Å². The van der Waals surface area contributed by atoms with E-state index in [0.29, 0.717) is 44.4 Å². The van der Waals surface area contributed by atoms with E-state index in [2.05, 4.69) is 9.88 Å². The number of carbonyl (C=O) groups is 2. The van der Waals surface area contributed by atoms with Crippen molar-refractivity contribution in [3.05, 3.63) is 24.5 Å². The molecule has 0 radical (unpaired) electrons. The molecule has 4 saturated heterocycles. The lowest BCUT2D eigenvalue weighted by atomic mass is 9.76. The van der Waals surface area contributed by atoms with E-state index in [-0.39, 0.29) is 36.0 Å². The highest BCUT2D eigenvalue weighted by Gasteiger charge is 2.45. The number of fused-ring (bicyclic) bond motifs is 4. The van der Waals surface area contributed by atoms with Crippen molar-refractivity contribution in [1.82, 2.24) is 24.0 Å². The summed E-state index contributed by atoms with van der Waals surface area (Å²) in [6.07, 6.45) is 6.64. The molecule has 2 unspecified atom stereocenters. The van der Waals surface area contributed by atoms with Crippen LogP contribution in [0.2, 0.25) is 0 Å². The van der Waals surface area contributed by atoms with Crippen LogP contribution in [0.25, 0.3) is 0 Å². The second-order valence-corrected chi connectivity index (χ2v) is 11.1. The van der Waals surface area contributed by atoms with Gasteiger partial charge in [-0.15, -0.1) is 0 Å². The first-order valence-corrected chi connectivity index (χ1v) is 12.6. The molecular weight excluding hydrogens is 418 g/mol. The molecule has 0 N–H and O–H groups in total. The van der Waals surface area contributed by atoms with Gasteiger partial charge in [0.05, 0.1) is 0 Å². The van der Waals surface area contributed by atoms with Gasteiger partial charge in [-0.05, 0) is 43.2 Å². The molecule has 0 aromatic carbocycles. The van der Waals surface area contributed by atoms with Crippen LogP contribution >= 0.6 is 0 Å². The highest BCUT2D eigenvalue weighted by Crippen LogP contribution is 2.38. The first-order chi connectivity index (χ1) is 14.9. The van der Waals surface area contributed by atoms with Gasteiger partial charge in [0.1, 0.15) is 4.90 Å². The summed E-state index contributed by atoms with van der Waals surface area (Å²) in [7, 11) is -3.59. The molecule has 10 heteroatoms. The molecule has 3 amide bonds. The highest BCUT2D eigenvalue weighted by atomic mass is 32.2. The van der Waals surface area contributed by atoms with Gasteiger partial charge in [-0.1, -0.05) is 0 Å². The van der Waals surface area contributed by atoms with Crippen LogP contribution in [0.3, 0.4) is 0 Å². The Bertz CT molecular complexity index is 948. The zero-order valence-electron chi connectivity index (χ0n) is 17.6. The van der Waals surface area contributed by atoms with E-state index < -0.39 is 10.0 Å². The van der Waals surface area contributed by atoms with E-state index in [9.17, 15) is 18.0 Å². The normalized spacial score (nSPS) is 29.6. The van der Waals surface area contributed by atoms with Gasteiger partial charge in [0.2, 0.25) is 15.9 Å². The number of sulfonamides is 1. The Morgan fingerprint density at radius 1 is 1.06 bits per heavy atom. The molecule has 2 bridgehead atoms. The maximum Gasteiger partial charge on any atom is 0.320 e. The van der Waals surface area contributed by atoms with E-state index in [1.54, 1.807) is 23.2 Å². The van der Waals surface area contributed by atoms with Crippen LogP contribution in [-0.4, -0.2) is 96.2 Å². The monoisotopic (exact) mass is 447 g/mol. The largest absolute Gasteiger partial charge is 0.339 e. The van der Waals surface area contributed by atoms with Crippen molar-refractivity contribution in [2.45, 2.75) is 36.6 Å². The minimum Gasteiger partial charge on any atom is -0.339 e. The quantitative estimate of drug-likeness (QED) is 0.670. The van der Waals surface area contributed by atoms with E-state index in [4.69, 9.17) is 0 Å². The Hall–Kier alpha value is -2.20. The number of carbonyl (C=O) groups excluding carboxylic acids is 2. The van der Waals surface area contributed by atoms with Crippen LogP contribution in [-0.2, 0) is 14.8 Å². The van der Waals surface area contributed by atoms with Crippen LogP contribution in [0.15, 0.2) is 29.4 Å². The summed E-state index contributed by atoms with van der Waals surface area (Å²) in [5, 5.41) is 0. The SMILES string of the molecule is O=C(N1CCN(S(=O)(=O)c2cccnc2)CC1)N1CC2CC(C1)[C@H]1CCCC(=O)N1C2. The molecule has 5 rings (SSSR count). The third kappa shape index (κ3) is 3.80. The average Bonchev–Trinajstić information content (AvgIpc) is 2.80. The summed E-state index contributed by atoms with van der Waals surface area (Å²) >= 11 is 0. The topological polar surface area (TPSA) is 94.1 Å². The zero-order chi connectivity index (χ0) is 21.6. The highest BCUT2D eigenvalue weighted by molar-refractivity contribution is 7.89. The predicted molar refractivity (Wildman–Crippen MR) is 112 cm³/mol. The molecule has 4 aliphatic heterocycles. The summed E-state index contributed by atoms with van der Waals surface area (Å²) in [4.78, 5) is 35.4. The number of pyridine rings is 1. The van der Waals surface area contributed by atoms with Gasteiger partial charge in [0.15, 0.2) is 0 Å². The summed E-state index contributed by atoms with van der Waals surface area (Å²) in [6.45, 7) is 3.48. The number of nitrogens with zero attached hydrogens (tertiary/aromatic N) is 5. The smallest absolute Gasteiger partial charge is 0.320 e. The average molecular weight is 448 g/mol. The number of likely N-dealkylation sites (tertiary alicyclic amines) is 1. The van der Waals surface area contributed by atoms with E-state index >= 15 is 0 Å². The fourth-order valence-electron chi connectivity index (χ4n) is 5.73. The number of rotatable bonds is 2. The maximum absolute atomic E-state index is 13.2. The Balaban J connectivity index is 1.21. The fraction of sp³-hybridized carbons (Fsp3) is 0.667. The second-order valence-electron chi connectivity index (χ2n) is 9.13. The van der Waals surface area contributed by atoms with Crippen molar-refractivity contribution in [1.29, 1.82) is 0 Å². The predicted octanol–water partition coefficient (Wildman–Crippen LogP) is 0.841. The van der Waals surface area contributed by atoms with Gasteiger partial charge in [0, 0.05) is 70.7 Å². The van der Waals surface area contributed by atoms with Crippen molar-refractivity contribution in [3.8, 4) is 0 Å². The molecule has 168 valence electrons. The lowest BCUT2D eigenvalue weighted by Gasteiger charge is -2.53. The molecule has 1 aromatic heterocycles. The van der Waals surface area contributed by atoms with Crippen molar-refractivity contribution in [3.63, 3.8) is 0 Å².